The van der Waals surface area contributed by atoms with Gasteiger partial charge in [-0.2, -0.15) is 0 Å². The number of hydrogen-bond acceptors (Lipinski definition) is 3. The molecule has 26 heavy (non-hydrogen) atoms. The highest BCUT2D eigenvalue weighted by molar-refractivity contribution is 14.0. The first kappa shape index (κ1) is 22.1. The minimum Gasteiger partial charge on any atom is -0.497 e. The Morgan fingerprint density at radius 3 is 2.62 bits per heavy atom. The first-order chi connectivity index (χ1) is 12.3. The van der Waals surface area contributed by atoms with Crippen molar-refractivity contribution in [1.29, 1.82) is 0 Å². The van der Waals surface area contributed by atoms with Gasteiger partial charge >= 0.3 is 0 Å². The lowest BCUT2D eigenvalue weighted by Crippen LogP contribution is -2.37. The zero-order valence-corrected chi connectivity index (χ0v) is 17.9. The molecule has 0 heterocycles. The van der Waals surface area contributed by atoms with E-state index in [9.17, 15) is 0 Å². The van der Waals surface area contributed by atoms with Gasteiger partial charge in [0.1, 0.15) is 11.5 Å². The highest BCUT2D eigenvalue weighted by Gasteiger charge is 2.04. The normalized spacial score (nSPS) is 10.7. The van der Waals surface area contributed by atoms with Gasteiger partial charge in [-0.1, -0.05) is 30.3 Å². The van der Waals surface area contributed by atoms with Crippen LogP contribution in [0.5, 0.6) is 11.5 Å². The van der Waals surface area contributed by atoms with E-state index in [0.717, 1.165) is 36.0 Å². The molecule has 142 valence electrons. The first-order valence-electron chi connectivity index (χ1n) is 8.55. The molecule has 0 radical (unpaired) electrons. The van der Waals surface area contributed by atoms with Crippen LogP contribution in [0.2, 0.25) is 0 Å². The fraction of sp³-hybridized carbons (Fsp3) is 0.350. The van der Waals surface area contributed by atoms with Crippen molar-refractivity contribution in [1.82, 2.24) is 10.6 Å². The summed E-state index contributed by atoms with van der Waals surface area (Å²) in [4.78, 5) is 4.27. The molecule has 6 heteroatoms. The van der Waals surface area contributed by atoms with Gasteiger partial charge in [0.15, 0.2) is 5.96 Å². The summed E-state index contributed by atoms with van der Waals surface area (Å²) in [5.74, 6) is 2.56. The molecule has 0 amide bonds. The molecule has 0 aliphatic heterocycles. The number of halogens is 1. The van der Waals surface area contributed by atoms with Crippen molar-refractivity contribution in [3.63, 3.8) is 0 Å². The summed E-state index contributed by atoms with van der Waals surface area (Å²) >= 11 is 0. The highest BCUT2D eigenvalue weighted by Crippen LogP contribution is 2.17. The van der Waals surface area contributed by atoms with Crippen LogP contribution >= 0.6 is 24.0 Å². The molecule has 0 saturated carbocycles. The number of hydrogen-bond donors (Lipinski definition) is 2. The molecule has 2 rings (SSSR count). The van der Waals surface area contributed by atoms with E-state index >= 15 is 0 Å². The number of rotatable bonds is 8. The molecule has 2 N–H and O–H groups in total. The molecule has 0 aromatic heterocycles. The maximum atomic E-state index is 5.65. The smallest absolute Gasteiger partial charge is 0.191 e. The fourth-order valence-corrected chi connectivity index (χ4v) is 2.50. The zero-order valence-electron chi connectivity index (χ0n) is 15.6. The van der Waals surface area contributed by atoms with Crippen LogP contribution in [0.25, 0.3) is 0 Å². The monoisotopic (exact) mass is 469 g/mol. The van der Waals surface area contributed by atoms with Gasteiger partial charge in [0, 0.05) is 25.7 Å². The van der Waals surface area contributed by atoms with Gasteiger partial charge in [-0.25, -0.2) is 0 Å². The minimum atomic E-state index is 0. The Balaban J connectivity index is 0.00000338. The molecule has 0 aliphatic carbocycles. The van der Waals surface area contributed by atoms with Gasteiger partial charge in [-0.3, -0.25) is 4.99 Å². The third-order valence-electron chi connectivity index (χ3n) is 3.78. The predicted octanol–water partition coefficient (Wildman–Crippen LogP) is 3.62. The molecule has 5 nitrogen and oxygen atoms in total. The number of para-hydroxylation sites is 1. The average molecular weight is 469 g/mol. The van der Waals surface area contributed by atoms with Gasteiger partial charge in [-0.15, -0.1) is 24.0 Å². The van der Waals surface area contributed by atoms with Crippen molar-refractivity contribution in [3.05, 3.63) is 59.7 Å². The van der Waals surface area contributed by atoms with Gasteiger partial charge in [0.25, 0.3) is 0 Å². The number of nitrogens with one attached hydrogen (secondary N) is 2. The average Bonchev–Trinajstić information content (AvgIpc) is 2.66. The van der Waals surface area contributed by atoms with Crippen molar-refractivity contribution >= 4 is 29.9 Å². The number of nitrogens with zero attached hydrogens (tertiary/aromatic N) is 1. The summed E-state index contributed by atoms with van der Waals surface area (Å²) in [7, 11) is 3.46. The Kier molecular flexibility index (Phi) is 10.5. The van der Waals surface area contributed by atoms with E-state index in [-0.39, 0.29) is 24.0 Å². The molecule has 0 spiro atoms. The molecule has 0 atom stereocenters. The molecule has 2 aromatic carbocycles. The summed E-state index contributed by atoms with van der Waals surface area (Å²) in [5.41, 5.74) is 2.34. The molecule has 0 unspecified atom stereocenters. The summed E-state index contributed by atoms with van der Waals surface area (Å²) in [6.07, 6.45) is 0.896. The second-order valence-corrected chi connectivity index (χ2v) is 5.49. The topological polar surface area (TPSA) is 54.9 Å². The third-order valence-corrected chi connectivity index (χ3v) is 3.78. The first-order valence-corrected chi connectivity index (χ1v) is 8.55. The van der Waals surface area contributed by atoms with Crippen LogP contribution in [0.3, 0.4) is 0 Å². The van der Waals surface area contributed by atoms with Crippen LogP contribution in [-0.4, -0.2) is 33.3 Å². The van der Waals surface area contributed by atoms with Crippen molar-refractivity contribution in [3.8, 4) is 11.5 Å². The third kappa shape index (κ3) is 7.11. The summed E-state index contributed by atoms with van der Waals surface area (Å²) < 4.78 is 10.9. The van der Waals surface area contributed by atoms with Gasteiger partial charge in [0.2, 0.25) is 0 Å². The lowest BCUT2D eigenvalue weighted by molar-refractivity contribution is 0.336. The van der Waals surface area contributed by atoms with Gasteiger partial charge < -0.3 is 20.1 Å². The van der Waals surface area contributed by atoms with E-state index in [4.69, 9.17) is 9.47 Å². The number of ether oxygens (including phenoxy) is 2. The molecule has 0 saturated heterocycles. The SMILES string of the molecule is CCOc1ccccc1CNC(=NC)NCCc1cccc(OC)c1.I. The molecule has 2 aromatic rings. The van der Waals surface area contributed by atoms with Crippen LogP contribution in [0.1, 0.15) is 18.1 Å². The second-order valence-electron chi connectivity index (χ2n) is 5.49. The van der Waals surface area contributed by atoms with Crippen molar-refractivity contribution < 1.29 is 9.47 Å². The number of guanidine groups is 1. The minimum absolute atomic E-state index is 0. The predicted molar refractivity (Wildman–Crippen MR) is 118 cm³/mol. The number of aliphatic imine (C=N–C) groups is 1. The Bertz CT molecular complexity index is 692. The molecule has 0 bridgehead atoms. The standard InChI is InChI=1S/C20H27N3O2.HI/c1-4-25-19-11-6-5-9-17(19)15-23-20(21-2)22-13-12-16-8-7-10-18(14-16)24-3;/h5-11,14H,4,12-13,15H2,1-3H3,(H2,21,22,23);1H. The lowest BCUT2D eigenvalue weighted by Gasteiger charge is -2.14. The Morgan fingerprint density at radius 2 is 1.88 bits per heavy atom. The van der Waals surface area contributed by atoms with Crippen LogP contribution in [0, 0.1) is 0 Å². The van der Waals surface area contributed by atoms with Crippen molar-refractivity contribution in [2.75, 3.05) is 27.3 Å². The molecule has 0 fully saturated rings. The zero-order chi connectivity index (χ0) is 17.9. The quantitative estimate of drug-likeness (QED) is 0.353. The van der Waals surface area contributed by atoms with Crippen LogP contribution in [-0.2, 0) is 13.0 Å². The number of benzene rings is 2. The van der Waals surface area contributed by atoms with Crippen molar-refractivity contribution in [2.24, 2.45) is 4.99 Å². The van der Waals surface area contributed by atoms with Gasteiger partial charge in [-0.05, 0) is 37.1 Å². The van der Waals surface area contributed by atoms with Gasteiger partial charge in [0.05, 0.1) is 13.7 Å². The Labute approximate surface area is 173 Å². The van der Waals surface area contributed by atoms with Crippen LogP contribution in [0.4, 0.5) is 0 Å². The van der Waals surface area contributed by atoms with E-state index in [1.807, 2.05) is 37.3 Å². The number of methoxy groups -OCH3 is 1. The maximum Gasteiger partial charge on any atom is 0.191 e. The van der Waals surface area contributed by atoms with E-state index in [0.29, 0.717) is 13.2 Å². The van der Waals surface area contributed by atoms with E-state index < -0.39 is 0 Å². The van der Waals surface area contributed by atoms with E-state index in [1.54, 1.807) is 14.2 Å². The Hall–Kier alpha value is -1.96. The molecular formula is C20H28IN3O2. The van der Waals surface area contributed by atoms with E-state index in [1.165, 1.54) is 5.56 Å². The lowest BCUT2D eigenvalue weighted by atomic mass is 10.1. The van der Waals surface area contributed by atoms with Crippen LogP contribution in [0.15, 0.2) is 53.5 Å². The van der Waals surface area contributed by atoms with Crippen molar-refractivity contribution in [2.45, 2.75) is 19.9 Å². The molecular weight excluding hydrogens is 441 g/mol. The molecule has 0 aliphatic rings. The summed E-state index contributed by atoms with van der Waals surface area (Å²) in [6.45, 7) is 4.10. The largest absolute Gasteiger partial charge is 0.497 e. The van der Waals surface area contributed by atoms with Crippen LogP contribution < -0.4 is 20.1 Å². The van der Waals surface area contributed by atoms with E-state index in [2.05, 4.69) is 33.8 Å². The fourth-order valence-electron chi connectivity index (χ4n) is 2.50. The summed E-state index contributed by atoms with van der Waals surface area (Å²) in [5, 5.41) is 6.66. The highest BCUT2D eigenvalue weighted by atomic mass is 127. The second kappa shape index (κ2) is 12.4. The Morgan fingerprint density at radius 1 is 1.08 bits per heavy atom. The maximum absolute atomic E-state index is 5.65. The summed E-state index contributed by atoms with van der Waals surface area (Å²) in [6, 6.07) is 16.1.